The highest BCUT2D eigenvalue weighted by atomic mass is 35.5. The molecule has 3 N–H and O–H groups in total. The first-order valence-electron chi connectivity index (χ1n) is 3.67. The molecule has 0 radical (unpaired) electrons. The third-order valence-electron chi connectivity index (χ3n) is 1.60. The lowest BCUT2D eigenvalue weighted by atomic mass is 10.1. The van der Waals surface area contributed by atoms with Gasteiger partial charge in [0.15, 0.2) is 0 Å². The topological polar surface area (TPSA) is 55.1 Å². The summed E-state index contributed by atoms with van der Waals surface area (Å²) in [4.78, 5) is 10.7. The minimum absolute atomic E-state index is 0. The first kappa shape index (κ1) is 13.7. The zero-order chi connectivity index (χ0) is 10.7. The molecule has 1 aromatic rings. The van der Waals surface area contributed by atoms with Gasteiger partial charge >= 0.3 is 0 Å². The van der Waals surface area contributed by atoms with E-state index in [1.807, 2.05) is 0 Å². The van der Waals surface area contributed by atoms with Crippen LogP contribution in [0.25, 0.3) is 0 Å². The molecule has 0 atom stereocenters. The van der Waals surface area contributed by atoms with Crippen LogP contribution in [0.4, 0.5) is 13.2 Å². The summed E-state index contributed by atoms with van der Waals surface area (Å²) in [5.41, 5.74) is 1.21. The number of rotatable bonds is 2. The van der Waals surface area contributed by atoms with E-state index in [1.54, 1.807) is 5.43 Å². The number of benzene rings is 1. The van der Waals surface area contributed by atoms with Crippen LogP contribution in [0.5, 0.6) is 0 Å². The highest BCUT2D eigenvalue weighted by Gasteiger charge is 2.14. The fourth-order valence-corrected chi connectivity index (χ4v) is 0.953. The van der Waals surface area contributed by atoms with Crippen LogP contribution in [0.3, 0.4) is 0 Å². The summed E-state index contributed by atoms with van der Waals surface area (Å²) in [6, 6.07) is 1.00. The molecule has 1 amide bonds. The van der Waals surface area contributed by atoms with E-state index in [0.29, 0.717) is 12.1 Å². The summed E-state index contributed by atoms with van der Waals surface area (Å²) >= 11 is 0. The normalized spacial score (nSPS) is 9.33. The van der Waals surface area contributed by atoms with E-state index < -0.39 is 35.3 Å². The first-order valence-corrected chi connectivity index (χ1v) is 3.67. The Kier molecular flexibility index (Phi) is 5.10. The molecule has 0 saturated heterocycles. The fourth-order valence-electron chi connectivity index (χ4n) is 0.953. The Hall–Kier alpha value is -1.27. The molecule has 0 bridgehead atoms. The summed E-state index contributed by atoms with van der Waals surface area (Å²) in [5, 5.41) is 0. The molecule has 0 aliphatic heterocycles. The van der Waals surface area contributed by atoms with Crippen LogP contribution in [0.1, 0.15) is 5.56 Å². The molecule has 3 nitrogen and oxygen atoms in total. The van der Waals surface area contributed by atoms with Crippen molar-refractivity contribution in [2.75, 3.05) is 0 Å². The van der Waals surface area contributed by atoms with Crippen LogP contribution >= 0.6 is 12.4 Å². The molecule has 1 rings (SSSR count). The second kappa shape index (κ2) is 5.57. The van der Waals surface area contributed by atoms with E-state index in [2.05, 4.69) is 0 Å². The van der Waals surface area contributed by atoms with Gasteiger partial charge in [0.1, 0.15) is 17.5 Å². The van der Waals surface area contributed by atoms with E-state index in [1.165, 1.54) is 0 Å². The highest BCUT2D eigenvalue weighted by Crippen LogP contribution is 2.14. The third-order valence-corrected chi connectivity index (χ3v) is 1.60. The van der Waals surface area contributed by atoms with Crippen LogP contribution in [0, 0.1) is 17.5 Å². The number of carbonyl (C=O) groups excluding carboxylic acids is 1. The summed E-state index contributed by atoms with van der Waals surface area (Å²) in [6.07, 6.45) is -0.561. The van der Waals surface area contributed by atoms with E-state index in [0.717, 1.165) is 0 Å². The van der Waals surface area contributed by atoms with Gasteiger partial charge in [-0.1, -0.05) is 0 Å². The average molecular weight is 241 g/mol. The molecule has 84 valence electrons. The molecule has 0 saturated carbocycles. The number of hydrazine groups is 1. The molecule has 1 aromatic carbocycles. The molecule has 7 heteroatoms. The van der Waals surface area contributed by atoms with Gasteiger partial charge in [0, 0.05) is 17.7 Å². The van der Waals surface area contributed by atoms with E-state index >= 15 is 0 Å². The molecule has 0 aliphatic carbocycles. The molecule has 0 aromatic heterocycles. The monoisotopic (exact) mass is 240 g/mol. The van der Waals surface area contributed by atoms with Crippen molar-refractivity contribution in [1.29, 1.82) is 0 Å². The van der Waals surface area contributed by atoms with Gasteiger partial charge < -0.3 is 0 Å². The van der Waals surface area contributed by atoms with Crippen molar-refractivity contribution >= 4 is 18.3 Å². The van der Waals surface area contributed by atoms with Crippen LogP contribution in [-0.2, 0) is 11.2 Å². The predicted octanol–water partition coefficient (Wildman–Crippen LogP) is 1.06. The second-order valence-electron chi connectivity index (χ2n) is 2.59. The van der Waals surface area contributed by atoms with Crippen molar-refractivity contribution in [3.05, 3.63) is 35.1 Å². The van der Waals surface area contributed by atoms with Crippen LogP contribution in [0.15, 0.2) is 12.1 Å². The van der Waals surface area contributed by atoms with Gasteiger partial charge in [0.2, 0.25) is 5.91 Å². The number of carbonyl (C=O) groups is 1. The number of nitrogens with two attached hydrogens (primary N) is 1. The number of hydrogen-bond acceptors (Lipinski definition) is 2. The van der Waals surface area contributed by atoms with E-state index in [4.69, 9.17) is 5.84 Å². The Morgan fingerprint density at radius 2 is 1.73 bits per heavy atom. The SMILES string of the molecule is Cl.NNC(=O)Cc1c(F)cc(F)cc1F. The second-order valence-corrected chi connectivity index (χ2v) is 2.59. The molecule has 0 spiro atoms. The lowest BCUT2D eigenvalue weighted by Crippen LogP contribution is -2.32. The van der Waals surface area contributed by atoms with Gasteiger partial charge in [-0.25, -0.2) is 19.0 Å². The quantitative estimate of drug-likeness (QED) is 0.461. The zero-order valence-corrected chi connectivity index (χ0v) is 8.21. The van der Waals surface area contributed by atoms with Gasteiger partial charge in [-0.15, -0.1) is 12.4 Å². The van der Waals surface area contributed by atoms with Gasteiger partial charge in [-0.2, -0.15) is 0 Å². The Labute approximate surface area is 89.8 Å². The lowest BCUT2D eigenvalue weighted by molar-refractivity contribution is -0.120. The van der Waals surface area contributed by atoms with Gasteiger partial charge in [-0.05, 0) is 0 Å². The van der Waals surface area contributed by atoms with Crippen molar-refractivity contribution in [3.63, 3.8) is 0 Å². The van der Waals surface area contributed by atoms with Crippen molar-refractivity contribution in [1.82, 2.24) is 5.43 Å². The van der Waals surface area contributed by atoms with Crippen LogP contribution < -0.4 is 11.3 Å². The van der Waals surface area contributed by atoms with E-state index in [9.17, 15) is 18.0 Å². The van der Waals surface area contributed by atoms with Gasteiger partial charge in [0.25, 0.3) is 0 Å². The number of halogens is 4. The maximum absolute atomic E-state index is 12.9. The Balaban J connectivity index is 0.00000196. The number of nitrogens with one attached hydrogen (secondary N) is 1. The van der Waals surface area contributed by atoms with Crippen LogP contribution in [-0.4, -0.2) is 5.91 Å². The average Bonchev–Trinajstić information content (AvgIpc) is 2.10. The molecule has 0 unspecified atom stereocenters. The number of amides is 1. The molecular weight excluding hydrogens is 233 g/mol. The lowest BCUT2D eigenvalue weighted by Gasteiger charge is -2.03. The highest BCUT2D eigenvalue weighted by molar-refractivity contribution is 5.85. The third kappa shape index (κ3) is 3.41. The molecule has 0 heterocycles. The summed E-state index contributed by atoms with van der Waals surface area (Å²) in [7, 11) is 0. The smallest absolute Gasteiger partial charge is 0.238 e. The zero-order valence-electron chi connectivity index (χ0n) is 7.39. The molecule has 0 aliphatic rings. The first-order chi connectivity index (χ1) is 6.54. The largest absolute Gasteiger partial charge is 0.294 e. The maximum Gasteiger partial charge on any atom is 0.238 e. The predicted molar refractivity (Wildman–Crippen MR) is 49.6 cm³/mol. The van der Waals surface area contributed by atoms with Crippen LogP contribution in [0.2, 0.25) is 0 Å². The van der Waals surface area contributed by atoms with Crippen molar-refractivity contribution < 1.29 is 18.0 Å². The standard InChI is InChI=1S/C8H7F3N2O.ClH/c9-4-1-6(10)5(7(11)2-4)3-8(14)13-12;/h1-2H,3,12H2,(H,13,14);1H. The van der Waals surface area contributed by atoms with Crippen molar-refractivity contribution in [2.24, 2.45) is 5.84 Å². The van der Waals surface area contributed by atoms with E-state index in [-0.39, 0.29) is 12.4 Å². The van der Waals surface area contributed by atoms with Crippen molar-refractivity contribution in [2.45, 2.75) is 6.42 Å². The van der Waals surface area contributed by atoms with Gasteiger partial charge in [0.05, 0.1) is 6.42 Å². The molecule has 0 fully saturated rings. The summed E-state index contributed by atoms with van der Waals surface area (Å²) in [5.74, 6) is 0.735. The Morgan fingerprint density at radius 3 is 2.13 bits per heavy atom. The summed E-state index contributed by atoms with van der Waals surface area (Å²) in [6.45, 7) is 0. The number of hydrogen-bond donors (Lipinski definition) is 2. The Bertz CT molecular complexity index is 350. The fraction of sp³-hybridized carbons (Fsp3) is 0.125. The summed E-state index contributed by atoms with van der Waals surface area (Å²) < 4.78 is 38.2. The van der Waals surface area contributed by atoms with Crippen molar-refractivity contribution in [3.8, 4) is 0 Å². The molecule has 15 heavy (non-hydrogen) atoms. The van der Waals surface area contributed by atoms with Gasteiger partial charge in [-0.3, -0.25) is 10.2 Å². The minimum Gasteiger partial charge on any atom is -0.294 e. The minimum atomic E-state index is -1.11. The Morgan fingerprint density at radius 1 is 1.27 bits per heavy atom. The maximum atomic E-state index is 12.9. The molecular formula is C8H8ClF3N2O.